The number of nitrogens with one attached hydrogen (secondary N) is 1. The van der Waals surface area contributed by atoms with Crippen molar-refractivity contribution in [3.63, 3.8) is 0 Å². The fourth-order valence-corrected chi connectivity index (χ4v) is 1.90. The molecule has 0 saturated heterocycles. The molecule has 0 aliphatic carbocycles. The highest BCUT2D eigenvalue weighted by molar-refractivity contribution is 6.30. The van der Waals surface area contributed by atoms with Crippen LogP contribution < -0.4 is 10.1 Å². The van der Waals surface area contributed by atoms with Gasteiger partial charge in [0.1, 0.15) is 5.75 Å². The Labute approximate surface area is 109 Å². The highest BCUT2D eigenvalue weighted by Gasteiger charge is 2.29. The predicted molar refractivity (Wildman–Crippen MR) is 65.1 cm³/mol. The summed E-state index contributed by atoms with van der Waals surface area (Å²) in [6, 6.07) is 4.49. The molecule has 1 unspecified atom stereocenters. The van der Waals surface area contributed by atoms with Crippen molar-refractivity contribution in [2.24, 2.45) is 0 Å². The molecule has 0 heterocycles. The van der Waals surface area contributed by atoms with Crippen LogP contribution in [0.4, 0.5) is 13.2 Å². The molecule has 2 nitrogen and oxygen atoms in total. The standard InChI is InChI=1S/C12H15ClF3NO/c1-17-10(5-6-12(14,15)16)9-4-3-8(13)7-11(9)18-2/h3-4,7,10,17H,5-6H2,1-2H3. The van der Waals surface area contributed by atoms with Gasteiger partial charge in [-0.1, -0.05) is 17.7 Å². The maximum atomic E-state index is 12.2. The van der Waals surface area contributed by atoms with Crippen LogP contribution in [0.1, 0.15) is 24.4 Å². The molecular formula is C12H15ClF3NO. The van der Waals surface area contributed by atoms with Gasteiger partial charge in [0.05, 0.1) is 7.11 Å². The van der Waals surface area contributed by atoms with E-state index in [-0.39, 0.29) is 6.42 Å². The van der Waals surface area contributed by atoms with E-state index >= 15 is 0 Å². The minimum atomic E-state index is -4.16. The molecule has 102 valence electrons. The number of hydrogen-bond donors (Lipinski definition) is 1. The van der Waals surface area contributed by atoms with Gasteiger partial charge in [-0.05, 0) is 25.6 Å². The molecule has 0 aliphatic heterocycles. The van der Waals surface area contributed by atoms with Crippen molar-refractivity contribution in [3.05, 3.63) is 28.8 Å². The average molecular weight is 282 g/mol. The van der Waals surface area contributed by atoms with Gasteiger partial charge in [-0.2, -0.15) is 13.2 Å². The summed E-state index contributed by atoms with van der Waals surface area (Å²) < 4.78 is 41.8. The van der Waals surface area contributed by atoms with E-state index in [2.05, 4.69) is 5.32 Å². The second-order valence-corrected chi connectivity index (χ2v) is 4.32. The Hall–Kier alpha value is -0.940. The quantitative estimate of drug-likeness (QED) is 0.882. The van der Waals surface area contributed by atoms with Gasteiger partial charge in [0.15, 0.2) is 0 Å². The molecule has 0 aromatic heterocycles. The summed E-state index contributed by atoms with van der Waals surface area (Å²) in [5.41, 5.74) is 0.675. The molecule has 0 bridgehead atoms. The molecule has 0 radical (unpaired) electrons. The van der Waals surface area contributed by atoms with Crippen molar-refractivity contribution in [1.82, 2.24) is 5.32 Å². The second-order valence-electron chi connectivity index (χ2n) is 3.88. The molecule has 0 aliphatic rings. The topological polar surface area (TPSA) is 21.3 Å². The maximum absolute atomic E-state index is 12.2. The normalized spacial score (nSPS) is 13.4. The Morgan fingerprint density at radius 3 is 2.56 bits per heavy atom. The van der Waals surface area contributed by atoms with Crippen molar-refractivity contribution >= 4 is 11.6 Å². The SMILES string of the molecule is CNC(CCC(F)(F)F)c1ccc(Cl)cc1OC. The van der Waals surface area contributed by atoms with Crippen LogP contribution in [0, 0.1) is 0 Å². The van der Waals surface area contributed by atoms with Crippen molar-refractivity contribution in [2.45, 2.75) is 25.1 Å². The van der Waals surface area contributed by atoms with E-state index in [4.69, 9.17) is 16.3 Å². The molecule has 0 spiro atoms. The van der Waals surface area contributed by atoms with Crippen LogP contribution in [0.3, 0.4) is 0 Å². The number of halogens is 4. The molecule has 0 amide bonds. The van der Waals surface area contributed by atoms with Crippen LogP contribution in [0.25, 0.3) is 0 Å². The van der Waals surface area contributed by atoms with E-state index in [9.17, 15) is 13.2 Å². The Bertz CT molecular complexity index is 395. The third-order valence-corrected chi connectivity index (χ3v) is 2.87. The summed E-state index contributed by atoms with van der Waals surface area (Å²) in [5, 5.41) is 3.35. The molecule has 18 heavy (non-hydrogen) atoms. The van der Waals surface area contributed by atoms with Gasteiger partial charge >= 0.3 is 6.18 Å². The van der Waals surface area contributed by atoms with Crippen LogP contribution in [-0.2, 0) is 0 Å². The van der Waals surface area contributed by atoms with Gasteiger partial charge in [-0.3, -0.25) is 0 Å². The summed E-state index contributed by atoms with van der Waals surface area (Å²) in [6.07, 6.45) is -5.04. The lowest BCUT2D eigenvalue weighted by Gasteiger charge is -2.20. The zero-order chi connectivity index (χ0) is 13.8. The summed E-state index contributed by atoms with van der Waals surface area (Å²) in [6.45, 7) is 0. The first-order chi connectivity index (χ1) is 8.37. The molecule has 6 heteroatoms. The Kier molecular flexibility index (Phi) is 5.28. The largest absolute Gasteiger partial charge is 0.496 e. The van der Waals surface area contributed by atoms with E-state index < -0.39 is 18.6 Å². The lowest BCUT2D eigenvalue weighted by molar-refractivity contribution is -0.136. The number of methoxy groups -OCH3 is 1. The van der Waals surface area contributed by atoms with Crippen molar-refractivity contribution in [1.29, 1.82) is 0 Å². The predicted octanol–water partition coefficient (Wildman–Crippen LogP) is 3.95. The Balaban J connectivity index is 2.88. The van der Waals surface area contributed by atoms with Crippen LogP contribution in [-0.4, -0.2) is 20.3 Å². The van der Waals surface area contributed by atoms with Crippen molar-refractivity contribution in [2.75, 3.05) is 14.2 Å². The molecular weight excluding hydrogens is 267 g/mol. The van der Waals surface area contributed by atoms with E-state index in [1.54, 1.807) is 25.2 Å². The van der Waals surface area contributed by atoms with Gasteiger partial charge in [0.25, 0.3) is 0 Å². The van der Waals surface area contributed by atoms with Gasteiger partial charge in [0, 0.05) is 23.0 Å². The first-order valence-corrected chi connectivity index (χ1v) is 5.82. The summed E-state index contributed by atoms with van der Waals surface area (Å²) in [4.78, 5) is 0. The Morgan fingerprint density at radius 2 is 2.06 bits per heavy atom. The third-order valence-electron chi connectivity index (χ3n) is 2.64. The number of benzene rings is 1. The highest BCUT2D eigenvalue weighted by Crippen LogP contribution is 2.33. The van der Waals surface area contributed by atoms with Crippen LogP contribution in [0.15, 0.2) is 18.2 Å². The molecule has 0 saturated carbocycles. The zero-order valence-electron chi connectivity index (χ0n) is 10.1. The third kappa shape index (κ3) is 4.38. The number of rotatable bonds is 5. The monoisotopic (exact) mass is 281 g/mol. The molecule has 1 atom stereocenters. The smallest absolute Gasteiger partial charge is 0.389 e. The summed E-state index contributed by atoms with van der Waals surface area (Å²) in [7, 11) is 3.08. The molecule has 1 rings (SSSR count). The minimum Gasteiger partial charge on any atom is -0.496 e. The van der Waals surface area contributed by atoms with Crippen LogP contribution in [0.5, 0.6) is 5.75 Å². The lowest BCUT2D eigenvalue weighted by atomic mass is 10.0. The molecule has 0 fully saturated rings. The first kappa shape index (κ1) is 15.1. The summed E-state index contributed by atoms with van der Waals surface area (Å²) in [5.74, 6) is 0.490. The Morgan fingerprint density at radius 1 is 1.39 bits per heavy atom. The van der Waals surface area contributed by atoms with Crippen LogP contribution in [0.2, 0.25) is 5.02 Å². The number of hydrogen-bond acceptors (Lipinski definition) is 2. The molecule has 1 aromatic carbocycles. The van der Waals surface area contributed by atoms with Crippen molar-refractivity contribution < 1.29 is 17.9 Å². The van der Waals surface area contributed by atoms with E-state index in [0.29, 0.717) is 16.3 Å². The van der Waals surface area contributed by atoms with Crippen LogP contribution >= 0.6 is 11.6 Å². The van der Waals surface area contributed by atoms with E-state index in [1.807, 2.05) is 0 Å². The van der Waals surface area contributed by atoms with Gasteiger partial charge < -0.3 is 10.1 Å². The average Bonchev–Trinajstić information content (AvgIpc) is 2.29. The maximum Gasteiger partial charge on any atom is 0.389 e. The molecule has 1 aromatic rings. The number of alkyl halides is 3. The summed E-state index contributed by atoms with van der Waals surface area (Å²) >= 11 is 5.81. The van der Waals surface area contributed by atoms with Crippen molar-refractivity contribution in [3.8, 4) is 5.75 Å². The number of ether oxygens (including phenoxy) is 1. The lowest BCUT2D eigenvalue weighted by Crippen LogP contribution is -2.20. The fourth-order valence-electron chi connectivity index (χ4n) is 1.74. The first-order valence-electron chi connectivity index (χ1n) is 5.45. The second kappa shape index (κ2) is 6.29. The molecule has 1 N–H and O–H groups in total. The zero-order valence-corrected chi connectivity index (χ0v) is 10.9. The van der Waals surface area contributed by atoms with E-state index in [0.717, 1.165) is 0 Å². The van der Waals surface area contributed by atoms with E-state index in [1.165, 1.54) is 7.11 Å². The highest BCUT2D eigenvalue weighted by atomic mass is 35.5. The fraction of sp³-hybridized carbons (Fsp3) is 0.500. The minimum absolute atomic E-state index is 0.0437. The van der Waals surface area contributed by atoms with Gasteiger partial charge in [0.2, 0.25) is 0 Å². The van der Waals surface area contributed by atoms with Gasteiger partial charge in [-0.15, -0.1) is 0 Å². The van der Waals surface area contributed by atoms with Gasteiger partial charge in [-0.25, -0.2) is 0 Å².